The fourth-order valence-electron chi connectivity index (χ4n) is 2.65. The highest BCUT2D eigenvalue weighted by molar-refractivity contribution is 6.31. The first-order chi connectivity index (χ1) is 13.8. The van der Waals surface area contributed by atoms with Gasteiger partial charge in [0, 0.05) is 30.5 Å². The third-order valence-electron chi connectivity index (χ3n) is 4.11. The number of carbonyl (C=O) groups is 1. The van der Waals surface area contributed by atoms with Crippen LogP contribution < -0.4 is 5.73 Å². The standard InChI is InChI=1S/C21H27ClN4O3/c1-5-18(24-14(2)28-10-6-9-26(3)4)15-7-8-17(22)16(11-15)12-20(27)19-13-29-21(23)25-19/h5,7-8,11,13H,6,9-10,12H2,1-4H3,(H2,23,25)/b18-5-,24-14+. The summed E-state index contributed by atoms with van der Waals surface area (Å²) in [5, 5.41) is 0.495. The zero-order valence-electron chi connectivity index (χ0n) is 17.2. The topological polar surface area (TPSA) is 94.0 Å². The van der Waals surface area contributed by atoms with Gasteiger partial charge in [-0.15, -0.1) is 0 Å². The number of rotatable bonds is 9. The maximum Gasteiger partial charge on any atom is 0.292 e. The molecule has 0 fully saturated rings. The molecule has 0 saturated carbocycles. The molecule has 0 unspecified atom stereocenters. The third kappa shape index (κ3) is 7.03. The quantitative estimate of drug-likeness (QED) is 0.285. The molecule has 0 bridgehead atoms. The minimum atomic E-state index is -0.226. The maximum atomic E-state index is 12.4. The molecule has 0 amide bonds. The number of ketones is 1. The van der Waals surface area contributed by atoms with Crippen LogP contribution in [0.15, 0.2) is 39.9 Å². The van der Waals surface area contributed by atoms with Crippen LogP contribution in [0.3, 0.4) is 0 Å². The number of allylic oxidation sites excluding steroid dienone is 1. The number of ether oxygens (including phenoxy) is 1. The molecule has 7 nitrogen and oxygen atoms in total. The molecule has 29 heavy (non-hydrogen) atoms. The zero-order valence-corrected chi connectivity index (χ0v) is 18.0. The van der Waals surface area contributed by atoms with E-state index in [2.05, 4.69) is 14.9 Å². The van der Waals surface area contributed by atoms with Gasteiger partial charge in [0.1, 0.15) is 12.0 Å². The Labute approximate surface area is 176 Å². The molecule has 0 aliphatic rings. The van der Waals surface area contributed by atoms with Gasteiger partial charge in [-0.3, -0.25) is 4.79 Å². The second kappa shape index (κ2) is 10.8. The van der Waals surface area contributed by atoms with Crippen molar-refractivity contribution in [2.24, 2.45) is 4.99 Å². The summed E-state index contributed by atoms with van der Waals surface area (Å²) in [5.74, 6) is 0.359. The van der Waals surface area contributed by atoms with Gasteiger partial charge in [-0.2, -0.15) is 4.98 Å². The summed E-state index contributed by atoms with van der Waals surface area (Å²) < 4.78 is 10.6. The SMILES string of the molecule is C/C=C(\N=C(/C)OCCCN(C)C)c1ccc(Cl)c(CC(=O)c2coc(N)n2)c1. The van der Waals surface area contributed by atoms with Crippen molar-refractivity contribution in [3.8, 4) is 0 Å². The molecule has 0 spiro atoms. The van der Waals surface area contributed by atoms with Gasteiger partial charge < -0.3 is 19.8 Å². The van der Waals surface area contributed by atoms with Crippen LogP contribution >= 0.6 is 11.6 Å². The van der Waals surface area contributed by atoms with E-state index < -0.39 is 0 Å². The van der Waals surface area contributed by atoms with Crippen molar-refractivity contribution in [3.63, 3.8) is 0 Å². The first kappa shape index (κ1) is 22.6. The van der Waals surface area contributed by atoms with Crippen LogP contribution in [0.4, 0.5) is 6.01 Å². The lowest BCUT2D eigenvalue weighted by atomic mass is 10.0. The Balaban J connectivity index is 2.11. The van der Waals surface area contributed by atoms with E-state index >= 15 is 0 Å². The molecule has 8 heteroatoms. The second-order valence-electron chi connectivity index (χ2n) is 6.79. The summed E-state index contributed by atoms with van der Waals surface area (Å²) >= 11 is 6.29. The molecule has 2 N–H and O–H groups in total. The number of aromatic nitrogens is 1. The summed E-state index contributed by atoms with van der Waals surface area (Å²) in [4.78, 5) is 22.9. The van der Waals surface area contributed by atoms with E-state index in [0.717, 1.165) is 24.2 Å². The Morgan fingerprint density at radius 3 is 2.79 bits per heavy atom. The van der Waals surface area contributed by atoms with E-state index in [1.165, 1.54) is 6.26 Å². The highest BCUT2D eigenvalue weighted by atomic mass is 35.5. The molecule has 1 aromatic carbocycles. The van der Waals surface area contributed by atoms with Gasteiger partial charge in [-0.25, -0.2) is 4.99 Å². The predicted molar refractivity (Wildman–Crippen MR) is 116 cm³/mol. The molecular weight excluding hydrogens is 392 g/mol. The summed E-state index contributed by atoms with van der Waals surface area (Å²) in [6.45, 7) is 5.28. The molecule has 0 aliphatic carbocycles. The number of nitrogens with zero attached hydrogens (tertiary/aromatic N) is 3. The zero-order chi connectivity index (χ0) is 21.4. The first-order valence-electron chi connectivity index (χ1n) is 9.32. The van der Waals surface area contributed by atoms with Crippen LogP contribution in [-0.4, -0.2) is 48.8 Å². The van der Waals surface area contributed by atoms with Gasteiger partial charge in [0.05, 0.1) is 12.3 Å². The monoisotopic (exact) mass is 418 g/mol. The molecule has 0 atom stereocenters. The highest BCUT2D eigenvalue weighted by Crippen LogP contribution is 2.25. The van der Waals surface area contributed by atoms with Gasteiger partial charge in [0.25, 0.3) is 6.01 Å². The van der Waals surface area contributed by atoms with Gasteiger partial charge in [0.2, 0.25) is 0 Å². The number of halogens is 1. The summed E-state index contributed by atoms with van der Waals surface area (Å²) in [7, 11) is 4.05. The van der Waals surface area contributed by atoms with E-state index in [0.29, 0.717) is 23.1 Å². The molecule has 2 aromatic rings. The molecule has 2 rings (SSSR count). The Kier molecular flexibility index (Phi) is 8.42. The molecule has 156 valence electrons. The van der Waals surface area contributed by atoms with Crippen molar-refractivity contribution >= 4 is 35.0 Å². The van der Waals surface area contributed by atoms with Crippen molar-refractivity contribution in [1.29, 1.82) is 0 Å². The normalized spacial score (nSPS) is 12.5. The van der Waals surface area contributed by atoms with Crippen LogP contribution in [0.25, 0.3) is 5.70 Å². The number of anilines is 1. The van der Waals surface area contributed by atoms with Crippen molar-refractivity contribution in [2.75, 3.05) is 33.0 Å². The van der Waals surface area contributed by atoms with Crippen molar-refractivity contribution in [2.45, 2.75) is 26.7 Å². The maximum absolute atomic E-state index is 12.4. The Bertz CT molecular complexity index is 903. The Morgan fingerprint density at radius 2 is 2.17 bits per heavy atom. The average molecular weight is 419 g/mol. The number of aliphatic imine (C=N–C) groups is 1. The van der Waals surface area contributed by atoms with Crippen molar-refractivity contribution < 1.29 is 13.9 Å². The minimum Gasteiger partial charge on any atom is -0.481 e. The van der Waals surface area contributed by atoms with E-state index in [4.69, 9.17) is 26.5 Å². The van der Waals surface area contributed by atoms with Crippen LogP contribution in [0.5, 0.6) is 0 Å². The van der Waals surface area contributed by atoms with Gasteiger partial charge in [-0.1, -0.05) is 23.7 Å². The summed E-state index contributed by atoms with van der Waals surface area (Å²) in [5.41, 5.74) is 7.87. The molecule has 1 heterocycles. The lowest BCUT2D eigenvalue weighted by Gasteiger charge is -2.11. The lowest BCUT2D eigenvalue weighted by Crippen LogP contribution is -2.15. The fourth-order valence-corrected chi connectivity index (χ4v) is 2.83. The van der Waals surface area contributed by atoms with Gasteiger partial charge in [-0.05, 0) is 45.1 Å². The number of nitrogen functional groups attached to an aromatic ring is 1. The summed E-state index contributed by atoms with van der Waals surface area (Å²) in [6, 6.07) is 5.42. The van der Waals surface area contributed by atoms with Gasteiger partial charge >= 0.3 is 0 Å². The third-order valence-corrected chi connectivity index (χ3v) is 4.48. The van der Waals surface area contributed by atoms with Crippen LogP contribution in [0.1, 0.15) is 41.9 Å². The average Bonchev–Trinajstić information content (AvgIpc) is 3.11. The number of hydrogen-bond donors (Lipinski definition) is 1. The number of carbonyl (C=O) groups excluding carboxylic acids is 1. The minimum absolute atomic E-state index is 0.0419. The molecule has 0 saturated heterocycles. The van der Waals surface area contributed by atoms with Crippen molar-refractivity contribution in [3.05, 3.63) is 52.4 Å². The first-order valence-corrected chi connectivity index (χ1v) is 9.70. The fraction of sp³-hybridized carbons (Fsp3) is 0.381. The largest absolute Gasteiger partial charge is 0.481 e. The molecule has 0 radical (unpaired) electrons. The number of Topliss-reactive ketones (excluding diaryl/α,β-unsaturated/α-hetero) is 1. The van der Waals surface area contributed by atoms with Crippen molar-refractivity contribution in [1.82, 2.24) is 9.88 Å². The molecule has 0 aliphatic heterocycles. The number of benzene rings is 1. The lowest BCUT2D eigenvalue weighted by molar-refractivity contribution is 0.0988. The Morgan fingerprint density at radius 1 is 1.41 bits per heavy atom. The number of oxazole rings is 1. The Hall–Kier alpha value is -2.64. The predicted octanol–water partition coefficient (Wildman–Crippen LogP) is 4.08. The van der Waals surface area contributed by atoms with E-state index in [-0.39, 0.29) is 23.9 Å². The molecular formula is C21H27ClN4O3. The summed E-state index contributed by atoms with van der Waals surface area (Å²) in [6.07, 6.45) is 4.14. The van der Waals surface area contributed by atoms with E-state index in [9.17, 15) is 4.79 Å². The number of nitrogens with two attached hydrogens (primary N) is 1. The van der Waals surface area contributed by atoms with Crippen LogP contribution in [-0.2, 0) is 11.2 Å². The number of hydrogen-bond acceptors (Lipinski definition) is 7. The molecule has 1 aromatic heterocycles. The van der Waals surface area contributed by atoms with E-state index in [1.807, 2.05) is 46.2 Å². The van der Waals surface area contributed by atoms with Crippen LogP contribution in [0, 0.1) is 0 Å². The van der Waals surface area contributed by atoms with E-state index in [1.54, 1.807) is 6.07 Å². The second-order valence-corrected chi connectivity index (χ2v) is 7.19. The smallest absolute Gasteiger partial charge is 0.292 e. The van der Waals surface area contributed by atoms with Gasteiger partial charge in [0.15, 0.2) is 11.7 Å². The highest BCUT2D eigenvalue weighted by Gasteiger charge is 2.15. The van der Waals surface area contributed by atoms with Crippen LogP contribution in [0.2, 0.25) is 5.02 Å².